The number of ether oxygens (including phenoxy) is 2. The van der Waals surface area contributed by atoms with Crippen LogP contribution in [0.5, 0.6) is 11.5 Å². The van der Waals surface area contributed by atoms with Crippen molar-refractivity contribution in [3.63, 3.8) is 0 Å². The summed E-state index contributed by atoms with van der Waals surface area (Å²) in [6, 6.07) is 7.91. The SMILES string of the molecule is CCN(CC)CCNCCC1(CC)Oc2ccccc2O1. The first-order valence-corrected chi connectivity index (χ1v) is 8.13. The zero-order valence-electron chi connectivity index (χ0n) is 13.5. The van der Waals surface area contributed by atoms with Crippen LogP contribution in [0.4, 0.5) is 0 Å². The maximum Gasteiger partial charge on any atom is 0.252 e. The normalized spacial score (nSPS) is 15.6. The third-order valence-electron chi connectivity index (χ3n) is 4.16. The Kier molecular flexibility index (Phi) is 5.88. The minimum Gasteiger partial charge on any atom is -0.448 e. The van der Waals surface area contributed by atoms with E-state index < -0.39 is 5.79 Å². The highest BCUT2D eigenvalue weighted by molar-refractivity contribution is 5.42. The van der Waals surface area contributed by atoms with E-state index in [1.165, 1.54) is 0 Å². The smallest absolute Gasteiger partial charge is 0.252 e. The molecule has 0 fully saturated rings. The Morgan fingerprint density at radius 1 is 1.00 bits per heavy atom. The molecule has 118 valence electrons. The van der Waals surface area contributed by atoms with E-state index in [9.17, 15) is 0 Å². The second-order valence-corrected chi connectivity index (χ2v) is 5.44. The van der Waals surface area contributed by atoms with Crippen molar-refractivity contribution < 1.29 is 9.47 Å². The van der Waals surface area contributed by atoms with Crippen LogP contribution >= 0.6 is 0 Å². The van der Waals surface area contributed by atoms with Crippen LogP contribution in [0.15, 0.2) is 24.3 Å². The molecule has 1 heterocycles. The summed E-state index contributed by atoms with van der Waals surface area (Å²) in [7, 11) is 0. The Balaban J connectivity index is 1.75. The number of benzene rings is 1. The van der Waals surface area contributed by atoms with E-state index in [0.717, 1.165) is 57.1 Å². The molecule has 0 saturated carbocycles. The van der Waals surface area contributed by atoms with Gasteiger partial charge < -0.3 is 19.7 Å². The third kappa shape index (κ3) is 4.11. The van der Waals surface area contributed by atoms with Crippen LogP contribution < -0.4 is 14.8 Å². The number of likely N-dealkylation sites (N-methyl/N-ethyl adjacent to an activating group) is 1. The monoisotopic (exact) mass is 292 g/mol. The Morgan fingerprint density at radius 2 is 1.62 bits per heavy atom. The number of rotatable bonds is 9. The van der Waals surface area contributed by atoms with Crippen molar-refractivity contribution in [2.75, 3.05) is 32.7 Å². The lowest BCUT2D eigenvalue weighted by atomic mass is 10.1. The standard InChI is InChI=1S/C17H28N2O2/c1-4-17(11-12-18-13-14-19(5-2)6-3)20-15-9-7-8-10-16(15)21-17/h7-10,18H,4-6,11-14H2,1-3H3. The van der Waals surface area contributed by atoms with Crippen molar-refractivity contribution in [3.8, 4) is 11.5 Å². The number of nitrogens with zero attached hydrogens (tertiary/aromatic N) is 1. The minimum atomic E-state index is -0.494. The molecular formula is C17H28N2O2. The molecule has 0 radical (unpaired) electrons. The molecule has 0 atom stereocenters. The number of hydrogen-bond donors (Lipinski definition) is 1. The van der Waals surface area contributed by atoms with Crippen LogP contribution in [0.25, 0.3) is 0 Å². The van der Waals surface area contributed by atoms with E-state index in [4.69, 9.17) is 9.47 Å². The number of para-hydroxylation sites is 2. The van der Waals surface area contributed by atoms with Gasteiger partial charge in [0, 0.05) is 32.5 Å². The number of nitrogens with one attached hydrogen (secondary N) is 1. The maximum atomic E-state index is 6.04. The van der Waals surface area contributed by atoms with Gasteiger partial charge in [-0.25, -0.2) is 0 Å². The van der Waals surface area contributed by atoms with Gasteiger partial charge in [-0.05, 0) is 25.2 Å². The lowest BCUT2D eigenvalue weighted by molar-refractivity contribution is -0.0873. The molecule has 0 aliphatic carbocycles. The molecule has 1 N–H and O–H groups in total. The first-order chi connectivity index (χ1) is 10.2. The quantitative estimate of drug-likeness (QED) is 0.710. The Bertz CT molecular complexity index is 408. The molecule has 2 rings (SSSR count). The average molecular weight is 292 g/mol. The highest BCUT2D eigenvalue weighted by Crippen LogP contribution is 2.41. The van der Waals surface area contributed by atoms with Gasteiger partial charge in [0.05, 0.1) is 0 Å². The Labute approximate surface area is 128 Å². The predicted octanol–water partition coefficient (Wildman–Crippen LogP) is 2.89. The van der Waals surface area contributed by atoms with Crippen LogP contribution in [0.3, 0.4) is 0 Å². The van der Waals surface area contributed by atoms with Gasteiger partial charge in [-0.15, -0.1) is 0 Å². The summed E-state index contributed by atoms with van der Waals surface area (Å²) < 4.78 is 12.1. The largest absolute Gasteiger partial charge is 0.448 e. The van der Waals surface area contributed by atoms with Gasteiger partial charge in [-0.1, -0.05) is 32.9 Å². The zero-order valence-corrected chi connectivity index (χ0v) is 13.5. The molecule has 1 aliphatic rings. The molecule has 0 bridgehead atoms. The van der Waals surface area contributed by atoms with Gasteiger partial charge in [0.25, 0.3) is 5.79 Å². The van der Waals surface area contributed by atoms with Gasteiger partial charge in [0.2, 0.25) is 0 Å². The van der Waals surface area contributed by atoms with E-state index in [-0.39, 0.29) is 0 Å². The summed E-state index contributed by atoms with van der Waals surface area (Å²) in [5.41, 5.74) is 0. The van der Waals surface area contributed by atoms with Gasteiger partial charge in [-0.3, -0.25) is 0 Å². The fraction of sp³-hybridized carbons (Fsp3) is 0.647. The molecule has 1 aromatic rings. The van der Waals surface area contributed by atoms with Crippen LogP contribution in [-0.2, 0) is 0 Å². The van der Waals surface area contributed by atoms with E-state index in [1.807, 2.05) is 24.3 Å². The Morgan fingerprint density at radius 3 is 2.14 bits per heavy atom. The molecule has 0 amide bonds. The van der Waals surface area contributed by atoms with Crippen LogP contribution in [0, 0.1) is 0 Å². The molecule has 21 heavy (non-hydrogen) atoms. The molecule has 0 spiro atoms. The van der Waals surface area contributed by atoms with Gasteiger partial charge >= 0.3 is 0 Å². The minimum absolute atomic E-state index is 0.494. The average Bonchev–Trinajstić information content (AvgIpc) is 2.90. The molecule has 1 aromatic carbocycles. The highest BCUT2D eigenvalue weighted by Gasteiger charge is 2.39. The van der Waals surface area contributed by atoms with Gasteiger partial charge in [0.1, 0.15) is 0 Å². The molecular weight excluding hydrogens is 264 g/mol. The summed E-state index contributed by atoms with van der Waals surface area (Å²) in [4.78, 5) is 2.42. The fourth-order valence-electron chi connectivity index (χ4n) is 2.64. The summed E-state index contributed by atoms with van der Waals surface area (Å²) in [5.74, 6) is 1.23. The highest BCUT2D eigenvalue weighted by atomic mass is 16.7. The lowest BCUT2D eigenvalue weighted by Gasteiger charge is -2.27. The second kappa shape index (κ2) is 7.66. The van der Waals surface area contributed by atoms with Crippen LogP contribution in [-0.4, -0.2) is 43.4 Å². The number of hydrogen-bond acceptors (Lipinski definition) is 4. The maximum absolute atomic E-state index is 6.04. The van der Waals surface area contributed by atoms with Crippen LogP contribution in [0.2, 0.25) is 0 Å². The molecule has 4 heteroatoms. The van der Waals surface area contributed by atoms with E-state index in [2.05, 4.69) is 31.0 Å². The lowest BCUT2D eigenvalue weighted by Crippen LogP contribution is -2.41. The third-order valence-corrected chi connectivity index (χ3v) is 4.16. The van der Waals surface area contributed by atoms with E-state index >= 15 is 0 Å². The summed E-state index contributed by atoms with van der Waals surface area (Å²) in [6.45, 7) is 11.7. The van der Waals surface area contributed by atoms with Crippen molar-refractivity contribution in [3.05, 3.63) is 24.3 Å². The Hall–Kier alpha value is -1.26. The fourth-order valence-corrected chi connectivity index (χ4v) is 2.64. The van der Waals surface area contributed by atoms with Crippen LogP contribution in [0.1, 0.15) is 33.6 Å². The molecule has 0 unspecified atom stereocenters. The first kappa shape index (κ1) is 16.1. The second-order valence-electron chi connectivity index (χ2n) is 5.44. The van der Waals surface area contributed by atoms with Crippen molar-refractivity contribution in [1.29, 1.82) is 0 Å². The zero-order chi connectivity index (χ0) is 15.1. The van der Waals surface area contributed by atoms with E-state index in [1.54, 1.807) is 0 Å². The topological polar surface area (TPSA) is 33.7 Å². The first-order valence-electron chi connectivity index (χ1n) is 8.13. The van der Waals surface area contributed by atoms with Crippen molar-refractivity contribution >= 4 is 0 Å². The molecule has 0 saturated heterocycles. The molecule has 0 aromatic heterocycles. The van der Waals surface area contributed by atoms with Gasteiger partial charge in [0.15, 0.2) is 11.5 Å². The summed E-state index contributed by atoms with van der Waals surface area (Å²) in [6.07, 6.45) is 1.70. The number of fused-ring (bicyclic) bond motifs is 1. The molecule has 4 nitrogen and oxygen atoms in total. The molecule has 1 aliphatic heterocycles. The summed E-state index contributed by atoms with van der Waals surface area (Å²) >= 11 is 0. The van der Waals surface area contributed by atoms with Crippen molar-refractivity contribution in [2.45, 2.75) is 39.4 Å². The van der Waals surface area contributed by atoms with Crippen molar-refractivity contribution in [2.24, 2.45) is 0 Å². The van der Waals surface area contributed by atoms with Gasteiger partial charge in [-0.2, -0.15) is 0 Å². The summed E-state index contributed by atoms with van der Waals surface area (Å²) in [5, 5.41) is 3.50. The van der Waals surface area contributed by atoms with Crippen molar-refractivity contribution in [1.82, 2.24) is 10.2 Å². The van der Waals surface area contributed by atoms with E-state index in [0.29, 0.717) is 0 Å². The predicted molar refractivity (Wildman–Crippen MR) is 86.0 cm³/mol.